The first kappa shape index (κ1) is 15.4. The molecule has 0 radical (unpaired) electrons. The third kappa shape index (κ3) is 4.87. The van der Waals surface area contributed by atoms with Gasteiger partial charge in [0.2, 0.25) is 5.91 Å². The number of anilines is 1. The van der Waals surface area contributed by atoms with E-state index in [9.17, 15) is 9.18 Å². The summed E-state index contributed by atoms with van der Waals surface area (Å²) in [6.07, 6.45) is 0. The van der Waals surface area contributed by atoms with Crippen molar-refractivity contribution in [3.63, 3.8) is 0 Å². The summed E-state index contributed by atoms with van der Waals surface area (Å²) in [4.78, 5) is 12.5. The highest BCUT2D eigenvalue weighted by atomic mass is 19.1. The van der Waals surface area contributed by atoms with E-state index in [-0.39, 0.29) is 12.4 Å². The highest BCUT2D eigenvalue weighted by Crippen LogP contribution is 2.23. The Morgan fingerprint density at radius 1 is 1.47 bits per heavy atom. The molecule has 19 heavy (non-hydrogen) atoms. The number of nitrogens with one attached hydrogen (secondary N) is 1. The second-order valence-corrected chi connectivity index (χ2v) is 5.09. The minimum atomic E-state index is -0.480. The molecule has 1 rings (SSSR count). The standard InChI is InChI=1S/C14H22FN3O/c1-10(2)7-17-8-11-5-4-6-12(15)14(11)18(3)9-13(16)19/h4-6,10,17H,7-9H2,1-3H3,(H2,16,19). The van der Waals surface area contributed by atoms with Crippen molar-refractivity contribution in [2.45, 2.75) is 20.4 Å². The number of rotatable bonds is 7. The lowest BCUT2D eigenvalue weighted by Crippen LogP contribution is -2.32. The molecule has 3 N–H and O–H groups in total. The minimum absolute atomic E-state index is 0.00187. The van der Waals surface area contributed by atoms with E-state index in [2.05, 4.69) is 19.2 Å². The molecule has 0 saturated carbocycles. The lowest BCUT2D eigenvalue weighted by atomic mass is 10.1. The van der Waals surface area contributed by atoms with Crippen molar-refractivity contribution in [3.8, 4) is 0 Å². The fraction of sp³-hybridized carbons (Fsp3) is 0.500. The number of amides is 1. The molecule has 106 valence electrons. The van der Waals surface area contributed by atoms with Crippen LogP contribution in [-0.4, -0.2) is 26.0 Å². The van der Waals surface area contributed by atoms with Crippen molar-refractivity contribution in [1.29, 1.82) is 0 Å². The summed E-state index contributed by atoms with van der Waals surface area (Å²) in [5.41, 5.74) is 6.40. The van der Waals surface area contributed by atoms with Gasteiger partial charge in [0.1, 0.15) is 5.82 Å². The summed E-state index contributed by atoms with van der Waals surface area (Å²) in [6.45, 7) is 5.64. The van der Waals surface area contributed by atoms with E-state index in [0.29, 0.717) is 18.2 Å². The molecular weight excluding hydrogens is 245 g/mol. The Balaban J connectivity index is 2.85. The Bertz CT molecular complexity index is 435. The molecule has 5 heteroatoms. The maximum Gasteiger partial charge on any atom is 0.236 e. The molecule has 1 amide bonds. The first-order chi connectivity index (χ1) is 8.91. The molecule has 0 bridgehead atoms. The molecule has 0 aliphatic heterocycles. The van der Waals surface area contributed by atoms with Gasteiger partial charge in [-0.2, -0.15) is 0 Å². The Kier molecular flexibility index (Phi) is 5.76. The molecule has 0 aromatic heterocycles. The third-order valence-electron chi connectivity index (χ3n) is 2.71. The molecule has 4 nitrogen and oxygen atoms in total. The summed E-state index contributed by atoms with van der Waals surface area (Å²) in [6, 6.07) is 4.91. The van der Waals surface area contributed by atoms with Gasteiger partial charge >= 0.3 is 0 Å². The smallest absolute Gasteiger partial charge is 0.236 e. The van der Waals surface area contributed by atoms with Gasteiger partial charge < -0.3 is 16.0 Å². The highest BCUT2D eigenvalue weighted by Gasteiger charge is 2.14. The maximum absolute atomic E-state index is 13.9. The van der Waals surface area contributed by atoms with E-state index < -0.39 is 5.91 Å². The Morgan fingerprint density at radius 2 is 2.16 bits per heavy atom. The van der Waals surface area contributed by atoms with Crippen LogP contribution in [0.1, 0.15) is 19.4 Å². The summed E-state index contributed by atoms with van der Waals surface area (Å²) in [5, 5.41) is 3.27. The van der Waals surface area contributed by atoms with Crippen molar-refractivity contribution in [2.75, 3.05) is 25.0 Å². The van der Waals surface area contributed by atoms with Crippen molar-refractivity contribution < 1.29 is 9.18 Å². The summed E-state index contributed by atoms with van der Waals surface area (Å²) in [7, 11) is 1.66. The fourth-order valence-electron chi connectivity index (χ4n) is 1.94. The number of carbonyl (C=O) groups excluding carboxylic acids is 1. The number of carbonyl (C=O) groups is 1. The van der Waals surface area contributed by atoms with Gasteiger partial charge in [0.05, 0.1) is 12.2 Å². The van der Waals surface area contributed by atoms with Crippen LogP contribution in [0.25, 0.3) is 0 Å². The zero-order chi connectivity index (χ0) is 14.4. The molecule has 0 aliphatic rings. The Morgan fingerprint density at radius 3 is 2.74 bits per heavy atom. The summed E-state index contributed by atoms with van der Waals surface area (Å²) < 4.78 is 13.9. The number of likely N-dealkylation sites (N-methyl/N-ethyl adjacent to an activating group) is 1. The fourth-order valence-corrected chi connectivity index (χ4v) is 1.94. The second-order valence-electron chi connectivity index (χ2n) is 5.09. The predicted octanol–water partition coefficient (Wildman–Crippen LogP) is 1.49. The molecule has 0 heterocycles. The van der Waals surface area contributed by atoms with E-state index in [1.807, 2.05) is 6.07 Å². The zero-order valence-electron chi connectivity index (χ0n) is 11.7. The SMILES string of the molecule is CC(C)CNCc1cccc(F)c1N(C)CC(N)=O. The van der Waals surface area contributed by atoms with Gasteiger partial charge in [-0.15, -0.1) is 0 Å². The van der Waals surface area contributed by atoms with E-state index in [1.165, 1.54) is 6.07 Å². The van der Waals surface area contributed by atoms with Gasteiger partial charge in [-0.05, 0) is 24.1 Å². The van der Waals surface area contributed by atoms with Crippen molar-refractivity contribution in [2.24, 2.45) is 11.7 Å². The van der Waals surface area contributed by atoms with Gasteiger partial charge in [0.15, 0.2) is 0 Å². The number of hydrogen-bond acceptors (Lipinski definition) is 3. The molecule has 1 aromatic rings. The number of benzene rings is 1. The molecule has 0 spiro atoms. The van der Waals surface area contributed by atoms with Crippen LogP contribution in [0.4, 0.5) is 10.1 Å². The van der Waals surface area contributed by atoms with Gasteiger partial charge in [-0.25, -0.2) is 4.39 Å². The zero-order valence-corrected chi connectivity index (χ0v) is 11.7. The monoisotopic (exact) mass is 267 g/mol. The van der Waals surface area contributed by atoms with Crippen molar-refractivity contribution in [1.82, 2.24) is 5.32 Å². The lowest BCUT2D eigenvalue weighted by molar-refractivity contribution is -0.116. The number of nitrogens with two attached hydrogens (primary N) is 1. The number of primary amides is 1. The van der Waals surface area contributed by atoms with Crippen LogP contribution in [0.3, 0.4) is 0 Å². The van der Waals surface area contributed by atoms with Gasteiger partial charge in [-0.1, -0.05) is 26.0 Å². The van der Waals surface area contributed by atoms with Crippen molar-refractivity contribution in [3.05, 3.63) is 29.6 Å². The summed E-state index contributed by atoms with van der Waals surface area (Å²) >= 11 is 0. The van der Waals surface area contributed by atoms with E-state index in [0.717, 1.165) is 12.1 Å². The number of hydrogen-bond donors (Lipinski definition) is 2. The topological polar surface area (TPSA) is 58.4 Å². The maximum atomic E-state index is 13.9. The highest BCUT2D eigenvalue weighted by molar-refractivity contribution is 5.79. The van der Waals surface area contributed by atoms with Gasteiger partial charge in [-0.3, -0.25) is 4.79 Å². The van der Waals surface area contributed by atoms with Gasteiger partial charge in [0, 0.05) is 13.6 Å². The third-order valence-corrected chi connectivity index (χ3v) is 2.71. The normalized spacial score (nSPS) is 10.8. The second kappa shape index (κ2) is 7.09. The van der Waals surface area contributed by atoms with E-state index in [1.54, 1.807) is 18.0 Å². The van der Waals surface area contributed by atoms with Crippen LogP contribution >= 0.6 is 0 Å². The van der Waals surface area contributed by atoms with E-state index in [4.69, 9.17) is 5.73 Å². The molecule has 1 aromatic carbocycles. The number of para-hydroxylation sites is 1. The van der Waals surface area contributed by atoms with E-state index >= 15 is 0 Å². The summed E-state index contributed by atoms with van der Waals surface area (Å²) in [5.74, 6) is -0.292. The van der Waals surface area contributed by atoms with Crippen LogP contribution in [0.2, 0.25) is 0 Å². The Labute approximate surface area is 113 Å². The average molecular weight is 267 g/mol. The van der Waals surface area contributed by atoms with Crippen LogP contribution in [0, 0.1) is 11.7 Å². The molecule has 0 saturated heterocycles. The van der Waals surface area contributed by atoms with Crippen molar-refractivity contribution >= 4 is 11.6 Å². The molecule has 0 unspecified atom stereocenters. The van der Waals surface area contributed by atoms with Crippen LogP contribution in [0.15, 0.2) is 18.2 Å². The number of halogens is 1. The lowest BCUT2D eigenvalue weighted by Gasteiger charge is -2.22. The number of nitrogens with zero attached hydrogens (tertiary/aromatic N) is 1. The largest absolute Gasteiger partial charge is 0.368 e. The molecule has 0 aliphatic carbocycles. The first-order valence-corrected chi connectivity index (χ1v) is 6.39. The van der Waals surface area contributed by atoms with Crippen LogP contribution < -0.4 is 16.0 Å². The molecular formula is C14H22FN3O. The Hall–Kier alpha value is -1.62. The average Bonchev–Trinajstić information content (AvgIpc) is 2.27. The minimum Gasteiger partial charge on any atom is -0.368 e. The molecule has 0 atom stereocenters. The van der Waals surface area contributed by atoms with Gasteiger partial charge in [0.25, 0.3) is 0 Å². The quantitative estimate of drug-likeness (QED) is 0.787. The predicted molar refractivity (Wildman–Crippen MR) is 75.4 cm³/mol. The molecule has 0 fully saturated rings. The first-order valence-electron chi connectivity index (χ1n) is 6.39. The van der Waals surface area contributed by atoms with Crippen LogP contribution in [0.5, 0.6) is 0 Å². The van der Waals surface area contributed by atoms with Crippen LogP contribution in [-0.2, 0) is 11.3 Å².